The van der Waals surface area contributed by atoms with Gasteiger partial charge in [-0.05, 0) is 37.5 Å². The fourth-order valence-corrected chi connectivity index (χ4v) is 3.04. The zero-order valence-electron chi connectivity index (χ0n) is 11.5. The highest BCUT2D eigenvalue weighted by molar-refractivity contribution is 7.89. The monoisotopic (exact) mass is 286 g/mol. The molecule has 0 saturated carbocycles. The summed E-state index contributed by atoms with van der Waals surface area (Å²) in [4.78, 5) is 0.343. The topological polar surface area (TPSA) is 81.4 Å². The van der Waals surface area contributed by atoms with Gasteiger partial charge in [0.25, 0.3) is 0 Å². The van der Waals surface area contributed by atoms with Crippen LogP contribution in [0.4, 0.5) is 0 Å². The lowest BCUT2D eigenvalue weighted by atomic mass is 10.2. The first kappa shape index (κ1) is 16.1. The van der Waals surface area contributed by atoms with Crippen LogP contribution < -0.4 is 10.5 Å². The lowest BCUT2D eigenvalue weighted by Gasteiger charge is -2.10. The van der Waals surface area contributed by atoms with Crippen LogP contribution in [0, 0.1) is 13.8 Å². The number of aryl methyl sites for hydroxylation is 2. The number of sulfonamides is 1. The van der Waals surface area contributed by atoms with Crippen LogP contribution >= 0.6 is 0 Å². The second-order valence-corrected chi connectivity index (χ2v) is 6.16. The third kappa shape index (κ3) is 5.28. The highest BCUT2D eigenvalue weighted by Gasteiger charge is 2.15. The molecule has 0 unspecified atom stereocenters. The first-order valence-electron chi connectivity index (χ1n) is 6.32. The summed E-state index contributed by atoms with van der Waals surface area (Å²) >= 11 is 0. The van der Waals surface area contributed by atoms with Crippen LogP contribution in [0.5, 0.6) is 0 Å². The number of benzene rings is 1. The average molecular weight is 286 g/mol. The van der Waals surface area contributed by atoms with E-state index in [1.54, 1.807) is 13.0 Å². The van der Waals surface area contributed by atoms with Gasteiger partial charge >= 0.3 is 0 Å². The Bertz CT molecular complexity index is 501. The summed E-state index contributed by atoms with van der Waals surface area (Å²) in [5, 5.41) is 0. The predicted molar refractivity (Wildman–Crippen MR) is 75.6 cm³/mol. The molecular weight excluding hydrogens is 264 g/mol. The summed E-state index contributed by atoms with van der Waals surface area (Å²) in [5.74, 6) is 0. The van der Waals surface area contributed by atoms with E-state index in [-0.39, 0.29) is 0 Å². The van der Waals surface area contributed by atoms with Crippen molar-refractivity contribution in [3.05, 3.63) is 29.3 Å². The second kappa shape index (κ2) is 7.59. The molecular formula is C13H22N2O3S. The van der Waals surface area contributed by atoms with E-state index in [9.17, 15) is 8.42 Å². The summed E-state index contributed by atoms with van der Waals surface area (Å²) in [6.07, 6.45) is 0.629. The van der Waals surface area contributed by atoms with Crippen LogP contribution in [-0.4, -0.2) is 34.7 Å². The SMILES string of the molecule is Cc1ccc(C)c(S(=O)(=O)NCCCOCCN)c1. The summed E-state index contributed by atoms with van der Waals surface area (Å²) in [5.41, 5.74) is 6.96. The summed E-state index contributed by atoms with van der Waals surface area (Å²) in [6.45, 7) is 5.52. The number of hydrogen-bond acceptors (Lipinski definition) is 4. The van der Waals surface area contributed by atoms with Crippen LogP contribution in [0.15, 0.2) is 23.1 Å². The van der Waals surface area contributed by atoms with Gasteiger partial charge in [0.05, 0.1) is 11.5 Å². The highest BCUT2D eigenvalue weighted by Crippen LogP contribution is 2.16. The zero-order valence-corrected chi connectivity index (χ0v) is 12.3. The Hall–Kier alpha value is -0.950. The molecule has 5 nitrogen and oxygen atoms in total. The third-order valence-corrected chi connectivity index (χ3v) is 4.26. The Labute approximate surface area is 115 Å². The number of nitrogens with two attached hydrogens (primary N) is 1. The molecule has 19 heavy (non-hydrogen) atoms. The Morgan fingerprint density at radius 3 is 2.68 bits per heavy atom. The van der Waals surface area contributed by atoms with Crippen molar-refractivity contribution in [2.75, 3.05) is 26.3 Å². The van der Waals surface area contributed by atoms with Crippen molar-refractivity contribution < 1.29 is 13.2 Å². The molecule has 0 saturated heterocycles. The van der Waals surface area contributed by atoms with E-state index in [4.69, 9.17) is 10.5 Å². The quantitative estimate of drug-likeness (QED) is 0.697. The average Bonchev–Trinajstić information content (AvgIpc) is 2.36. The van der Waals surface area contributed by atoms with E-state index in [2.05, 4.69) is 4.72 Å². The van der Waals surface area contributed by atoms with Crippen molar-refractivity contribution in [1.82, 2.24) is 4.72 Å². The maximum Gasteiger partial charge on any atom is 0.240 e. The zero-order chi connectivity index (χ0) is 14.3. The Kier molecular flexibility index (Phi) is 6.44. The number of rotatable bonds is 8. The molecule has 1 rings (SSSR count). The number of hydrogen-bond donors (Lipinski definition) is 2. The molecule has 0 aliphatic carbocycles. The molecule has 1 aromatic carbocycles. The maximum atomic E-state index is 12.1. The van der Waals surface area contributed by atoms with Gasteiger partial charge in [0.2, 0.25) is 10.0 Å². The van der Waals surface area contributed by atoms with Crippen molar-refractivity contribution >= 4 is 10.0 Å². The predicted octanol–water partition coefficient (Wildman–Crippen LogP) is 0.947. The normalized spacial score (nSPS) is 11.7. The minimum atomic E-state index is -3.44. The summed E-state index contributed by atoms with van der Waals surface area (Å²) < 4.78 is 32.0. The minimum absolute atomic E-state index is 0.343. The summed E-state index contributed by atoms with van der Waals surface area (Å²) in [7, 11) is -3.44. The van der Waals surface area contributed by atoms with Gasteiger partial charge in [-0.1, -0.05) is 12.1 Å². The van der Waals surface area contributed by atoms with Gasteiger partial charge in [-0.2, -0.15) is 0 Å². The van der Waals surface area contributed by atoms with Gasteiger partial charge < -0.3 is 10.5 Å². The van der Waals surface area contributed by atoms with E-state index >= 15 is 0 Å². The van der Waals surface area contributed by atoms with E-state index in [1.165, 1.54) is 0 Å². The molecule has 0 radical (unpaired) electrons. The second-order valence-electron chi connectivity index (χ2n) is 4.42. The van der Waals surface area contributed by atoms with Gasteiger partial charge in [-0.3, -0.25) is 0 Å². The minimum Gasteiger partial charge on any atom is -0.380 e. The highest BCUT2D eigenvalue weighted by atomic mass is 32.2. The summed E-state index contributed by atoms with van der Waals surface area (Å²) in [6, 6.07) is 5.39. The number of nitrogens with one attached hydrogen (secondary N) is 1. The maximum absolute atomic E-state index is 12.1. The molecule has 0 spiro atoms. The Balaban J connectivity index is 2.54. The van der Waals surface area contributed by atoms with Crippen molar-refractivity contribution in [2.24, 2.45) is 5.73 Å². The molecule has 0 atom stereocenters. The third-order valence-electron chi connectivity index (χ3n) is 2.65. The van der Waals surface area contributed by atoms with Crippen molar-refractivity contribution in [3.63, 3.8) is 0 Å². The molecule has 1 aromatic rings. The Morgan fingerprint density at radius 2 is 2.00 bits per heavy atom. The fourth-order valence-electron chi connectivity index (χ4n) is 1.64. The molecule has 108 valence electrons. The molecule has 0 fully saturated rings. The van der Waals surface area contributed by atoms with Crippen molar-refractivity contribution in [2.45, 2.75) is 25.2 Å². The number of ether oxygens (including phenoxy) is 1. The first-order chi connectivity index (χ1) is 8.97. The van der Waals surface area contributed by atoms with Gasteiger partial charge in [-0.25, -0.2) is 13.1 Å². The van der Waals surface area contributed by atoms with Gasteiger partial charge in [0.15, 0.2) is 0 Å². The van der Waals surface area contributed by atoms with E-state index < -0.39 is 10.0 Å². The smallest absolute Gasteiger partial charge is 0.240 e. The van der Waals surface area contributed by atoms with E-state index in [0.29, 0.717) is 37.6 Å². The van der Waals surface area contributed by atoms with Gasteiger partial charge in [0, 0.05) is 19.7 Å². The lowest BCUT2D eigenvalue weighted by Crippen LogP contribution is -2.26. The lowest BCUT2D eigenvalue weighted by molar-refractivity contribution is 0.140. The van der Waals surface area contributed by atoms with Crippen molar-refractivity contribution in [1.29, 1.82) is 0 Å². The van der Waals surface area contributed by atoms with E-state index in [0.717, 1.165) is 11.1 Å². The van der Waals surface area contributed by atoms with Crippen LogP contribution in [0.1, 0.15) is 17.5 Å². The van der Waals surface area contributed by atoms with Crippen LogP contribution in [0.2, 0.25) is 0 Å². The molecule has 0 aliphatic heterocycles. The van der Waals surface area contributed by atoms with Crippen molar-refractivity contribution in [3.8, 4) is 0 Å². The van der Waals surface area contributed by atoms with Crippen LogP contribution in [0.25, 0.3) is 0 Å². The van der Waals surface area contributed by atoms with Gasteiger partial charge in [0.1, 0.15) is 0 Å². The standard InChI is InChI=1S/C13H22N2O3S/c1-11-4-5-12(2)13(10-11)19(16,17)15-7-3-8-18-9-6-14/h4-5,10,15H,3,6-9,14H2,1-2H3. The molecule has 0 amide bonds. The first-order valence-corrected chi connectivity index (χ1v) is 7.80. The fraction of sp³-hybridized carbons (Fsp3) is 0.538. The molecule has 0 aliphatic rings. The molecule has 0 heterocycles. The van der Waals surface area contributed by atoms with Crippen LogP contribution in [-0.2, 0) is 14.8 Å². The largest absolute Gasteiger partial charge is 0.380 e. The molecule has 6 heteroatoms. The van der Waals surface area contributed by atoms with E-state index in [1.807, 2.05) is 19.1 Å². The Morgan fingerprint density at radius 1 is 1.26 bits per heavy atom. The molecule has 3 N–H and O–H groups in total. The van der Waals surface area contributed by atoms with Crippen LogP contribution in [0.3, 0.4) is 0 Å². The molecule has 0 bridgehead atoms. The molecule has 0 aromatic heterocycles. The van der Waals surface area contributed by atoms with Gasteiger partial charge in [-0.15, -0.1) is 0 Å².